The number of carboxylic acids is 1. The van der Waals surface area contributed by atoms with E-state index in [1.807, 2.05) is 36.4 Å². The number of unbranched alkanes of at least 4 members (excludes halogenated alkanes) is 1. The Bertz CT molecular complexity index is 4540. The highest BCUT2D eigenvalue weighted by atomic mass is 16.4. The van der Waals surface area contributed by atoms with Crippen LogP contribution in [0.25, 0.3) is 32.7 Å². The zero-order chi connectivity index (χ0) is 89.3. The monoisotopic (exact) mass is 1680 g/mol. The van der Waals surface area contributed by atoms with Gasteiger partial charge in [0.25, 0.3) is 0 Å². The molecule has 12 amide bonds. The van der Waals surface area contributed by atoms with E-state index >= 15 is 28.8 Å². The van der Waals surface area contributed by atoms with Gasteiger partial charge in [-0.15, -0.1) is 0 Å². The number of primary amides is 1. The van der Waals surface area contributed by atoms with Crippen molar-refractivity contribution in [3.8, 4) is 0 Å². The number of nitrogens with one attached hydrogen (secondary N) is 18. The Morgan fingerprint density at radius 1 is 0.388 bits per heavy atom. The van der Waals surface area contributed by atoms with Crippen LogP contribution in [0.5, 0.6) is 0 Å². The van der Waals surface area contributed by atoms with E-state index in [4.69, 9.17) is 39.5 Å². The van der Waals surface area contributed by atoms with Crippen LogP contribution in [0.1, 0.15) is 163 Å². The predicted octanol–water partition coefficient (Wildman–Crippen LogP) is 1.27. The van der Waals surface area contributed by atoms with Gasteiger partial charge < -0.3 is 118 Å². The number of aromatic amines is 3. The third kappa shape index (κ3) is 30.3. The van der Waals surface area contributed by atoms with Gasteiger partial charge in [0.1, 0.15) is 66.5 Å². The van der Waals surface area contributed by atoms with Crippen LogP contribution in [-0.2, 0) is 81.6 Å². The summed E-state index contributed by atoms with van der Waals surface area (Å²) in [5.41, 5.74) is 32.4. The number of para-hydroxylation sites is 3. The summed E-state index contributed by atoms with van der Waals surface area (Å²) in [6.45, 7) is 17.7. The molecular formula is C84H127N23O14. The van der Waals surface area contributed by atoms with Crippen LogP contribution in [0.4, 0.5) is 0 Å². The molecule has 0 radical (unpaired) electrons. The minimum Gasteiger partial charge on any atom is -0.480 e. The normalized spacial score (nSPS) is 14.9. The van der Waals surface area contributed by atoms with Crippen LogP contribution in [0.15, 0.2) is 91.4 Å². The van der Waals surface area contributed by atoms with Crippen LogP contribution in [0, 0.1) is 40.4 Å². The van der Waals surface area contributed by atoms with Crippen molar-refractivity contribution in [2.24, 2.45) is 58.3 Å². The lowest BCUT2D eigenvalue weighted by Crippen LogP contribution is -2.62. The van der Waals surface area contributed by atoms with Crippen molar-refractivity contribution in [1.82, 2.24) is 84.1 Å². The number of guanidine groups is 2. The number of H-pyrrole nitrogens is 3. The summed E-state index contributed by atoms with van der Waals surface area (Å²) < 4.78 is 0. The molecule has 0 unspecified atom stereocenters. The van der Waals surface area contributed by atoms with Gasteiger partial charge in [-0.2, -0.15) is 0 Å². The number of carboxylic acid groups (broad SMARTS) is 1. The van der Waals surface area contributed by atoms with E-state index in [1.54, 1.807) is 124 Å². The minimum atomic E-state index is -1.51. The average molecular weight is 1680 g/mol. The largest absolute Gasteiger partial charge is 0.480 e. The standard InChI is InChI=1S/C84H127N23O14/c1-11-47(9)69(80(118)104-65(40-51-43-96-57-28-18-15-25-54(51)57)75(113)100-61(82(120)121)29-19-20-34-85)106-73(111)59(31-22-36-93-84(90)91)98-74(112)64(39-50-42-95-56-27-17-14-24-53(50)56)103-79(117)68(46(7)8)105-81(119)70(48(10)12-2)107-77(115)62(37-44(3)4)101-76(114)63(38-49-41-94-55-26-16-13-23-52(49)55)102-71(109)58(30-21-35-92-83(88)89)97-72(110)60(32-33-66(86)108)99-78(116)67(87)45(5)6/h13-18,23-28,41-48,58-65,67-70,94-96H,11-12,19-22,29-40,85,87H2,1-10H3,(H2,86,108)(H,97,110)(H,98,112)(H,99,116)(H,100,113)(H,101,114)(H,102,109)(H,103,117)(H,104,118)(H,105,119)(H,106,111)(H,107,115)(H,120,121)(H4,88,89,92)(H4,90,91,93)/t47-,48-,58-,59-,60-,61-,62-,63-,64-,65-,67-,68-,69-,70-/m0/s1. The number of benzene rings is 3. The first-order valence-corrected chi connectivity index (χ1v) is 41.6. The zero-order valence-electron chi connectivity index (χ0n) is 70.8. The third-order valence-corrected chi connectivity index (χ3v) is 21.5. The lowest BCUT2D eigenvalue weighted by atomic mass is 9.95. The van der Waals surface area contributed by atoms with Crippen LogP contribution in [-0.4, -0.2) is 201 Å². The lowest BCUT2D eigenvalue weighted by Gasteiger charge is -2.31. The van der Waals surface area contributed by atoms with Crippen molar-refractivity contribution in [2.75, 3.05) is 19.6 Å². The maximum Gasteiger partial charge on any atom is 0.326 e. The molecule has 3 aromatic carbocycles. The van der Waals surface area contributed by atoms with E-state index in [1.165, 1.54) is 0 Å². The smallest absolute Gasteiger partial charge is 0.326 e. The van der Waals surface area contributed by atoms with Crippen molar-refractivity contribution in [3.63, 3.8) is 0 Å². The topological polar surface area (TPSA) is 624 Å². The molecule has 37 nitrogen and oxygen atoms in total. The van der Waals surface area contributed by atoms with E-state index in [-0.39, 0.29) is 107 Å². The second kappa shape index (κ2) is 48.2. The quantitative estimate of drug-likeness (QED) is 0.0145. The fraction of sp³-hybridized carbons (Fsp3) is 0.536. The molecule has 0 aliphatic carbocycles. The first-order valence-electron chi connectivity index (χ1n) is 41.6. The predicted molar refractivity (Wildman–Crippen MR) is 461 cm³/mol. The first kappa shape index (κ1) is 97.7. The molecular weight excluding hydrogens is 1560 g/mol. The fourth-order valence-corrected chi connectivity index (χ4v) is 13.9. The Kier molecular flexibility index (Phi) is 38.9. The molecule has 0 bridgehead atoms. The maximum absolute atomic E-state index is 15.4. The molecule has 3 heterocycles. The summed E-state index contributed by atoms with van der Waals surface area (Å²) in [5.74, 6) is -14.6. The molecule has 121 heavy (non-hydrogen) atoms. The molecule has 0 fully saturated rings. The van der Waals surface area contributed by atoms with Gasteiger partial charge in [0.2, 0.25) is 70.9 Å². The third-order valence-electron chi connectivity index (χ3n) is 21.5. The van der Waals surface area contributed by atoms with Gasteiger partial charge in [-0.25, -0.2) is 4.79 Å². The highest BCUT2D eigenvalue weighted by Gasteiger charge is 2.40. The number of hydrogen-bond acceptors (Lipinski definition) is 17. The summed E-state index contributed by atoms with van der Waals surface area (Å²) in [4.78, 5) is 197. The Morgan fingerprint density at radius 2 is 0.711 bits per heavy atom. The molecule has 0 saturated carbocycles. The Labute approximate surface area is 704 Å². The number of amides is 12. The molecule has 3 aromatic heterocycles. The fourth-order valence-electron chi connectivity index (χ4n) is 13.9. The molecule has 6 aromatic rings. The van der Waals surface area contributed by atoms with Crippen LogP contribution < -0.4 is 97.8 Å². The van der Waals surface area contributed by atoms with Crippen molar-refractivity contribution in [2.45, 2.75) is 238 Å². The van der Waals surface area contributed by atoms with Gasteiger partial charge in [-0.05, 0) is 129 Å². The second-order valence-corrected chi connectivity index (χ2v) is 32.1. The maximum atomic E-state index is 15.4. The Balaban J connectivity index is 1.29. The van der Waals surface area contributed by atoms with E-state index in [0.717, 1.165) is 10.9 Å². The van der Waals surface area contributed by atoms with E-state index in [0.29, 0.717) is 70.7 Å². The van der Waals surface area contributed by atoms with Crippen LogP contribution in [0.3, 0.4) is 0 Å². The molecule has 0 aliphatic rings. The van der Waals surface area contributed by atoms with Crippen LogP contribution >= 0.6 is 0 Å². The molecule has 662 valence electrons. The number of nitrogens with two attached hydrogens (primary N) is 5. The zero-order valence-corrected chi connectivity index (χ0v) is 70.8. The van der Waals surface area contributed by atoms with Crippen molar-refractivity contribution in [1.29, 1.82) is 10.8 Å². The summed E-state index contributed by atoms with van der Waals surface area (Å²) in [6, 6.07) is 5.07. The van der Waals surface area contributed by atoms with E-state index in [9.17, 15) is 38.7 Å². The van der Waals surface area contributed by atoms with Gasteiger partial charge in [-0.3, -0.25) is 68.4 Å². The number of hydrogen-bond donors (Lipinski definition) is 24. The van der Waals surface area contributed by atoms with Crippen molar-refractivity contribution >= 4 is 121 Å². The molecule has 29 N–H and O–H groups in total. The summed E-state index contributed by atoms with van der Waals surface area (Å²) >= 11 is 0. The SMILES string of the molecule is CC[C@H](C)[C@H](NC(=O)[C@H](CCCNC(=N)N)NC(=O)[C@H](Cc1c[nH]c2ccccc12)NC(=O)[C@@H](NC(=O)[C@@H](NC(=O)[C@H](CC(C)C)NC(=O)[C@H](Cc1c[nH]c2ccccc12)NC(=O)[C@H](CCCNC(=N)N)NC(=O)[C@H](CCC(N)=O)NC(=O)[C@@H](N)C(C)C)[C@@H](C)CC)C(C)C)C(=O)N[C@@H](Cc1c[nH]c2ccccc12)C(=O)N[C@@H](CCCCN)C(=O)O. The summed E-state index contributed by atoms with van der Waals surface area (Å²) in [5, 5.41) is 63.7. The average Bonchev–Trinajstić information content (AvgIpc) is 1.73. The lowest BCUT2D eigenvalue weighted by molar-refractivity contribution is -0.142. The summed E-state index contributed by atoms with van der Waals surface area (Å²) in [7, 11) is 0. The summed E-state index contributed by atoms with van der Waals surface area (Å²) in [6.07, 6.45) is 5.46. The Hall–Kier alpha value is -12.2. The molecule has 14 atom stereocenters. The Morgan fingerprint density at radius 3 is 1.08 bits per heavy atom. The number of carbonyl (C=O) groups is 13. The number of fused-ring (bicyclic) bond motifs is 3. The number of rotatable bonds is 52. The molecule has 37 heteroatoms. The number of carbonyl (C=O) groups excluding carboxylic acids is 12. The molecule has 0 spiro atoms. The highest BCUT2D eigenvalue weighted by Crippen LogP contribution is 2.25. The van der Waals surface area contributed by atoms with Gasteiger partial charge in [0, 0.05) is 90.1 Å². The van der Waals surface area contributed by atoms with Gasteiger partial charge in [0.15, 0.2) is 11.9 Å². The van der Waals surface area contributed by atoms with Crippen molar-refractivity contribution < 1.29 is 67.4 Å². The highest BCUT2D eigenvalue weighted by molar-refractivity contribution is 6.01. The molecule has 6 rings (SSSR count). The first-order chi connectivity index (χ1) is 57.4. The van der Waals surface area contributed by atoms with Crippen molar-refractivity contribution in [3.05, 3.63) is 108 Å². The second-order valence-electron chi connectivity index (χ2n) is 32.1. The van der Waals surface area contributed by atoms with Gasteiger partial charge in [-0.1, -0.05) is 137 Å². The van der Waals surface area contributed by atoms with Gasteiger partial charge in [0.05, 0.1) is 6.04 Å². The molecule has 0 saturated heterocycles. The van der Waals surface area contributed by atoms with E-state index in [2.05, 4.69) is 84.1 Å². The van der Waals surface area contributed by atoms with Crippen LogP contribution in [0.2, 0.25) is 0 Å². The van der Waals surface area contributed by atoms with Gasteiger partial charge >= 0.3 is 5.97 Å². The number of aromatic nitrogens is 3. The van der Waals surface area contributed by atoms with E-state index < -0.39 is 167 Å². The number of aliphatic carboxylic acids is 1. The molecule has 0 aliphatic heterocycles. The minimum absolute atomic E-state index is 0.00826.